The summed E-state index contributed by atoms with van der Waals surface area (Å²) in [7, 11) is 1.56. The molecule has 0 saturated heterocycles. The molecule has 0 aliphatic rings. The number of nitrogens with zero attached hydrogens (tertiary/aromatic N) is 2. The van der Waals surface area contributed by atoms with E-state index in [0.717, 1.165) is 15.7 Å². The quantitative estimate of drug-likeness (QED) is 0.465. The summed E-state index contributed by atoms with van der Waals surface area (Å²) in [6.45, 7) is 1.66. The topological polar surface area (TPSA) is 102 Å². The van der Waals surface area contributed by atoms with Gasteiger partial charge in [-0.1, -0.05) is 36.4 Å². The Hall–Kier alpha value is -4.46. The van der Waals surface area contributed by atoms with Crippen LogP contribution in [0.15, 0.2) is 82.4 Å². The summed E-state index contributed by atoms with van der Waals surface area (Å²) in [5, 5.41) is 5.68. The van der Waals surface area contributed by atoms with Crippen molar-refractivity contribution < 1.29 is 9.59 Å². The SMILES string of the molecule is CNC(=O)Cc1ccc(-n2c(=O)c3ccccc3n(CC(=O)Nc3cccc(C)c3)c2=O)cc1. The Morgan fingerprint density at radius 3 is 2.32 bits per heavy atom. The molecule has 4 aromatic rings. The van der Waals surface area contributed by atoms with Crippen LogP contribution < -0.4 is 21.9 Å². The molecule has 1 aromatic heterocycles. The summed E-state index contributed by atoms with van der Waals surface area (Å²) in [6.07, 6.45) is 0.187. The van der Waals surface area contributed by atoms with E-state index in [2.05, 4.69) is 10.6 Å². The van der Waals surface area contributed by atoms with Crippen molar-refractivity contribution in [2.75, 3.05) is 12.4 Å². The summed E-state index contributed by atoms with van der Waals surface area (Å²) >= 11 is 0. The Kier molecular flexibility index (Phi) is 6.40. The molecule has 0 aliphatic carbocycles. The van der Waals surface area contributed by atoms with Crippen LogP contribution in [0.5, 0.6) is 0 Å². The molecule has 2 amide bonds. The van der Waals surface area contributed by atoms with Crippen LogP contribution in [0.4, 0.5) is 5.69 Å². The lowest BCUT2D eigenvalue weighted by molar-refractivity contribution is -0.120. The van der Waals surface area contributed by atoms with Gasteiger partial charge in [0, 0.05) is 12.7 Å². The minimum absolute atomic E-state index is 0.141. The lowest BCUT2D eigenvalue weighted by atomic mass is 10.1. The molecule has 0 aliphatic heterocycles. The number of amides is 2. The van der Waals surface area contributed by atoms with Crippen molar-refractivity contribution in [3.05, 3.63) is 105 Å². The highest BCUT2D eigenvalue weighted by atomic mass is 16.2. The van der Waals surface area contributed by atoms with Crippen molar-refractivity contribution in [2.24, 2.45) is 0 Å². The summed E-state index contributed by atoms with van der Waals surface area (Å²) in [4.78, 5) is 51.1. The number of benzene rings is 3. The molecule has 0 bridgehead atoms. The van der Waals surface area contributed by atoms with E-state index in [0.29, 0.717) is 22.3 Å². The summed E-state index contributed by atoms with van der Waals surface area (Å²) in [6, 6.07) is 20.7. The lowest BCUT2D eigenvalue weighted by Gasteiger charge is -2.14. The highest BCUT2D eigenvalue weighted by Crippen LogP contribution is 2.13. The minimum atomic E-state index is -0.623. The molecule has 1 heterocycles. The number of fused-ring (bicyclic) bond motifs is 1. The number of rotatable bonds is 6. The van der Waals surface area contributed by atoms with Gasteiger partial charge in [-0.05, 0) is 54.4 Å². The average Bonchev–Trinajstić information content (AvgIpc) is 2.83. The monoisotopic (exact) mass is 456 g/mol. The number of anilines is 1. The number of nitrogens with one attached hydrogen (secondary N) is 2. The van der Waals surface area contributed by atoms with E-state index in [1.54, 1.807) is 61.6 Å². The third-order valence-corrected chi connectivity index (χ3v) is 5.49. The van der Waals surface area contributed by atoms with Gasteiger partial charge in [-0.3, -0.25) is 19.0 Å². The van der Waals surface area contributed by atoms with Gasteiger partial charge in [0.15, 0.2) is 0 Å². The smallest absolute Gasteiger partial charge is 0.336 e. The van der Waals surface area contributed by atoms with E-state index in [1.807, 2.05) is 25.1 Å². The zero-order valence-corrected chi connectivity index (χ0v) is 18.9. The van der Waals surface area contributed by atoms with Crippen molar-refractivity contribution in [3.8, 4) is 5.69 Å². The molecule has 0 saturated carbocycles. The zero-order chi connectivity index (χ0) is 24.2. The van der Waals surface area contributed by atoms with Crippen LogP contribution in [-0.2, 0) is 22.6 Å². The molecule has 0 spiro atoms. The van der Waals surface area contributed by atoms with Gasteiger partial charge in [0.25, 0.3) is 5.56 Å². The molecule has 8 heteroatoms. The Bertz CT molecular complexity index is 1500. The van der Waals surface area contributed by atoms with Crippen LogP contribution >= 0.6 is 0 Å². The molecule has 8 nitrogen and oxygen atoms in total. The van der Waals surface area contributed by atoms with Crippen LogP contribution in [-0.4, -0.2) is 28.0 Å². The van der Waals surface area contributed by atoms with Gasteiger partial charge in [0.2, 0.25) is 11.8 Å². The Balaban J connectivity index is 1.76. The standard InChI is InChI=1S/C26H24N4O4/c1-17-6-5-7-19(14-17)28-24(32)16-29-22-9-4-3-8-21(22)25(33)30(26(29)34)20-12-10-18(11-13-20)15-23(31)27-2/h3-14H,15-16H2,1-2H3,(H,27,31)(H,28,32). The fraction of sp³-hybridized carbons (Fsp3) is 0.154. The van der Waals surface area contributed by atoms with Crippen molar-refractivity contribution >= 4 is 28.4 Å². The first-order valence-electron chi connectivity index (χ1n) is 10.8. The van der Waals surface area contributed by atoms with E-state index in [4.69, 9.17) is 0 Å². The molecule has 0 unspecified atom stereocenters. The number of hydrogen-bond donors (Lipinski definition) is 2. The highest BCUT2D eigenvalue weighted by molar-refractivity contribution is 5.91. The van der Waals surface area contributed by atoms with Crippen LogP contribution in [0.1, 0.15) is 11.1 Å². The van der Waals surface area contributed by atoms with E-state index in [1.165, 1.54) is 4.57 Å². The van der Waals surface area contributed by atoms with Crippen LogP contribution in [0.3, 0.4) is 0 Å². The van der Waals surface area contributed by atoms with Gasteiger partial charge < -0.3 is 10.6 Å². The first-order chi connectivity index (χ1) is 16.4. The molecular weight excluding hydrogens is 432 g/mol. The Morgan fingerprint density at radius 1 is 0.882 bits per heavy atom. The fourth-order valence-corrected chi connectivity index (χ4v) is 3.81. The summed E-state index contributed by atoms with van der Waals surface area (Å²) in [5.74, 6) is -0.526. The lowest BCUT2D eigenvalue weighted by Crippen LogP contribution is -2.40. The number of aryl methyl sites for hydroxylation is 1. The number of para-hydroxylation sites is 1. The molecule has 0 radical (unpaired) electrons. The maximum Gasteiger partial charge on any atom is 0.336 e. The number of carbonyl (C=O) groups is 2. The molecule has 0 atom stereocenters. The van der Waals surface area contributed by atoms with Crippen molar-refractivity contribution in [1.82, 2.24) is 14.5 Å². The summed E-state index contributed by atoms with van der Waals surface area (Å²) < 4.78 is 2.34. The molecule has 3 aromatic carbocycles. The van der Waals surface area contributed by atoms with Crippen LogP contribution in [0.25, 0.3) is 16.6 Å². The number of likely N-dealkylation sites (N-methyl/N-ethyl adjacent to an activating group) is 1. The first-order valence-corrected chi connectivity index (χ1v) is 10.8. The minimum Gasteiger partial charge on any atom is -0.359 e. The van der Waals surface area contributed by atoms with Gasteiger partial charge in [-0.25, -0.2) is 9.36 Å². The molecule has 2 N–H and O–H groups in total. The Morgan fingerprint density at radius 2 is 1.62 bits per heavy atom. The normalized spacial score (nSPS) is 10.8. The largest absolute Gasteiger partial charge is 0.359 e. The van der Waals surface area contributed by atoms with Crippen molar-refractivity contribution in [3.63, 3.8) is 0 Å². The van der Waals surface area contributed by atoms with Gasteiger partial charge in [0.1, 0.15) is 6.54 Å². The first kappa shape index (κ1) is 22.7. The van der Waals surface area contributed by atoms with Crippen molar-refractivity contribution in [1.29, 1.82) is 0 Å². The van der Waals surface area contributed by atoms with E-state index >= 15 is 0 Å². The second-order valence-corrected chi connectivity index (χ2v) is 7.96. The predicted octanol–water partition coefficient (Wildman–Crippen LogP) is 2.39. The van der Waals surface area contributed by atoms with Gasteiger partial charge in [-0.15, -0.1) is 0 Å². The van der Waals surface area contributed by atoms with Gasteiger partial charge in [0.05, 0.1) is 23.0 Å². The van der Waals surface area contributed by atoms with Gasteiger partial charge in [-0.2, -0.15) is 0 Å². The number of carbonyl (C=O) groups excluding carboxylic acids is 2. The Labute approximate surface area is 195 Å². The molecule has 4 rings (SSSR count). The van der Waals surface area contributed by atoms with Crippen molar-refractivity contribution in [2.45, 2.75) is 19.9 Å². The predicted molar refractivity (Wildman–Crippen MR) is 131 cm³/mol. The second-order valence-electron chi connectivity index (χ2n) is 7.96. The third-order valence-electron chi connectivity index (χ3n) is 5.49. The van der Waals surface area contributed by atoms with E-state index in [9.17, 15) is 19.2 Å². The maximum atomic E-state index is 13.4. The fourth-order valence-electron chi connectivity index (χ4n) is 3.81. The van der Waals surface area contributed by atoms with E-state index < -0.39 is 11.2 Å². The van der Waals surface area contributed by atoms with Crippen LogP contribution in [0, 0.1) is 6.92 Å². The average molecular weight is 457 g/mol. The summed E-state index contributed by atoms with van der Waals surface area (Å²) in [5.41, 5.74) is 2.00. The third kappa shape index (κ3) is 4.66. The maximum absolute atomic E-state index is 13.4. The second kappa shape index (κ2) is 9.58. The molecule has 172 valence electrons. The highest BCUT2D eigenvalue weighted by Gasteiger charge is 2.17. The van der Waals surface area contributed by atoms with Crippen LogP contribution in [0.2, 0.25) is 0 Å². The molecular formula is C26H24N4O4. The number of aromatic nitrogens is 2. The zero-order valence-electron chi connectivity index (χ0n) is 18.9. The van der Waals surface area contributed by atoms with E-state index in [-0.39, 0.29) is 24.8 Å². The molecule has 0 fully saturated rings. The number of hydrogen-bond acceptors (Lipinski definition) is 4. The molecule has 34 heavy (non-hydrogen) atoms. The van der Waals surface area contributed by atoms with Gasteiger partial charge >= 0.3 is 5.69 Å².